The largest absolute Gasteiger partial charge is 0.381 e. The Morgan fingerprint density at radius 3 is 2.53 bits per heavy atom. The molecule has 0 N–H and O–H groups in total. The molecule has 0 radical (unpaired) electrons. The van der Waals surface area contributed by atoms with Crippen molar-refractivity contribution in [3.63, 3.8) is 0 Å². The zero-order chi connectivity index (χ0) is 12.3. The summed E-state index contributed by atoms with van der Waals surface area (Å²) >= 11 is 0. The summed E-state index contributed by atoms with van der Waals surface area (Å²) in [5, 5.41) is 0. The van der Waals surface area contributed by atoms with Crippen molar-refractivity contribution in [2.45, 2.75) is 18.8 Å². The highest BCUT2D eigenvalue weighted by molar-refractivity contribution is 8.13. The molecule has 1 aliphatic rings. The Morgan fingerprint density at radius 2 is 2.00 bits per heavy atom. The number of halogens is 1. The van der Waals surface area contributed by atoms with Crippen LogP contribution < -0.4 is 0 Å². The first kappa shape index (κ1) is 12.9. The Bertz CT molecular complexity index is 461. The van der Waals surface area contributed by atoms with Gasteiger partial charge in [0.25, 0.3) is 0 Å². The van der Waals surface area contributed by atoms with E-state index >= 15 is 0 Å². The van der Waals surface area contributed by atoms with Crippen molar-refractivity contribution < 1.29 is 13.2 Å². The Kier molecular flexibility index (Phi) is 4.07. The number of benzene rings is 1. The molecule has 1 fully saturated rings. The van der Waals surface area contributed by atoms with E-state index < -0.39 is 9.05 Å². The van der Waals surface area contributed by atoms with Crippen LogP contribution in [0.1, 0.15) is 23.5 Å². The van der Waals surface area contributed by atoms with Gasteiger partial charge in [0.2, 0.25) is 9.05 Å². The molecule has 3 nitrogen and oxygen atoms in total. The normalized spacial score (nSPS) is 20.6. The van der Waals surface area contributed by atoms with Crippen LogP contribution in [0.25, 0.3) is 0 Å². The fourth-order valence-corrected chi connectivity index (χ4v) is 2.70. The second kappa shape index (κ2) is 5.38. The van der Waals surface area contributed by atoms with Crippen LogP contribution in [0.4, 0.5) is 0 Å². The van der Waals surface area contributed by atoms with Crippen LogP contribution in [0, 0.1) is 0 Å². The third kappa shape index (κ3) is 3.98. The zero-order valence-corrected chi connectivity index (χ0v) is 11.0. The molecule has 1 atom stereocenters. The minimum atomic E-state index is -3.40. The molecule has 94 valence electrons. The van der Waals surface area contributed by atoms with Gasteiger partial charge in [-0.2, -0.15) is 0 Å². The van der Waals surface area contributed by atoms with Gasteiger partial charge in [-0.15, -0.1) is 0 Å². The summed E-state index contributed by atoms with van der Waals surface area (Å²) in [4.78, 5) is 0. The van der Waals surface area contributed by atoms with Crippen molar-refractivity contribution in [2.75, 3.05) is 19.0 Å². The smallest absolute Gasteiger partial charge is 0.232 e. The molecular formula is C12H15ClO3S. The monoisotopic (exact) mass is 274 g/mol. The maximum atomic E-state index is 10.8. The Labute approximate surface area is 106 Å². The molecule has 1 aromatic carbocycles. The van der Waals surface area contributed by atoms with Crippen LogP contribution in [0.2, 0.25) is 0 Å². The van der Waals surface area contributed by atoms with E-state index in [-0.39, 0.29) is 5.75 Å². The van der Waals surface area contributed by atoms with Crippen LogP contribution >= 0.6 is 10.7 Å². The maximum Gasteiger partial charge on any atom is 0.232 e. The molecule has 0 aromatic heterocycles. The Hall–Kier alpha value is -0.580. The standard InChI is InChI=1S/C12H15ClO3S/c13-17(14,15)8-6-10-1-3-11(4-2-10)12-5-7-16-9-12/h1-4,12H,5-9H2. The lowest BCUT2D eigenvalue weighted by atomic mass is 9.97. The number of hydrogen-bond donors (Lipinski definition) is 0. The van der Waals surface area contributed by atoms with Crippen LogP contribution in [0.3, 0.4) is 0 Å². The predicted molar refractivity (Wildman–Crippen MR) is 68.0 cm³/mol. The van der Waals surface area contributed by atoms with Crippen LogP contribution in [-0.4, -0.2) is 27.4 Å². The minimum Gasteiger partial charge on any atom is -0.381 e. The van der Waals surface area contributed by atoms with E-state index in [0.29, 0.717) is 12.3 Å². The molecule has 0 aliphatic carbocycles. The van der Waals surface area contributed by atoms with Gasteiger partial charge in [-0.05, 0) is 24.0 Å². The summed E-state index contributed by atoms with van der Waals surface area (Å²) in [7, 11) is 1.78. The highest BCUT2D eigenvalue weighted by Gasteiger charge is 2.17. The molecule has 0 saturated carbocycles. The van der Waals surface area contributed by atoms with E-state index in [1.54, 1.807) is 0 Å². The number of ether oxygens (including phenoxy) is 1. The summed E-state index contributed by atoms with van der Waals surface area (Å²) in [6, 6.07) is 8.04. The fourth-order valence-electron chi connectivity index (χ4n) is 1.99. The van der Waals surface area contributed by atoms with Gasteiger partial charge >= 0.3 is 0 Å². The molecule has 2 rings (SSSR count). The van der Waals surface area contributed by atoms with Gasteiger partial charge in [0.15, 0.2) is 0 Å². The Balaban J connectivity index is 1.97. The van der Waals surface area contributed by atoms with Crippen molar-refractivity contribution >= 4 is 19.7 Å². The maximum absolute atomic E-state index is 10.8. The average molecular weight is 275 g/mol. The van der Waals surface area contributed by atoms with Gasteiger partial charge in [0.1, 0.15) is 0 Å². The molecular weight excluding hydrogens is 260 g/mol. The van der Waals surface area contributed by atoms with Gasteiger partial charge in [0.05, 0.1) is 12.4 Å². The highest BCUT2D eigenvalue weighted by Crippen LogP contribution is 2.25. The second-order valence-electron chi connectivity index (χ2n) is 4.30. The van der Waals surface area contributed by atoms with Crippen molar-refractivity contribution in [3.8, 4) is 0 Å². The van der Waals surface area contributed by atoms with Gasteiger partial charge in [-0.1, -0.05) is 24.3 Å². The highest BCUT2D eigenvalue weighted by atomic mass is 35.7. The predicted octanol–water partition coefficient (Wildman–Crippen LogP) is 2.30. The van der Waals surface area contributed by atoms with Crippen LogP contribution in [0.5, 0.6) is 0 Å². The van der Waals surface area contributed by atoms with Gasteiger partial charge < -0.3 is 4.74 Å². The summed E-state index contributed by atoms with van der Waals surface area (Å²) in [6.07, 6.45) is 1.53. The molecule has 1 aromatic rings. The van der Waals surface area contributed by atoms with Crippen molar-refractivity contribution in [1.29, 1.82) is 0 Å². The second-order valence-corrected chi connectivity index (χ2v) is 7.19. The lowest BCUT2D eigenvalue weighted by molar-refractivity contribution is 0.194. The van der Waals surface area contributed by atoms with Crippen molar-refractivity contribution in [2.24, 2.45) is 0 Å². The first-order valence-electron chi connectivity index (χ1n) is 5.63. The zero-order valence-electron chi connectivity index (χ0n) is 9.43. The van der Waals surface area contributed by atoms with Gasteiger partial charge in [-0.25, -0.2) is 8.42 Å². The molecule has 1 heterocycles. The summed E-state index contributed by atoms with van der Waals surface area (Å²) in [5.74, 6) is 0.473. The minimum absolute atomic E-state index is 0.0135. The summed E-state index contributed by atoms with van der Waals surface area (Å²) < 4.78 is 27.0. The van der Waals surface area contributed by atoms with Crippen LogP contribution in [0.15, 0.2) is 24.3 Å². The average Bonchev–Trinajstić information content (AvgIpc) is 2.79. The molecule has 0 amide bonds. The van der Waals surface area contributed by atoms with E-state index in [4.69, 9.17) is 15.4 Å². The molecule has 1 aliphatic heterocycles. The third-order valence-electron chi connectivity index (χ3n) is 3.02. The lowest BCUT2D eigenvalue weighted by Crippen LogP contribution is -2.02. The summed E-state index contributed by atoms with van der Waals surface area (Å²) in [6.45, 7) is 1.62. The molecule has 1 unspecified atom stereocenters. The SMILES string of the molecule is O=S(=O)(Cl)CCc1ccc(C2CCOC2)cc1. The Morgan fingerprint density at radius 1 is 1.29 bits per heavy atom. The molecule has 0 bridgehead atoms. The van der Waals surface area contributed by atoms with E-state index in [9.17, 15) is 8.42 Å². The summed E-state index contributed by atoms with van der Waals surface area (Å²) in [5.41, 5.74) is 2.26. The van der Waals surface area contributed by atoms with E-state index in [0.717, 1.165) is 25.2 Å². The van der Waals surface area contributed by atoms with Crippen molar-refractivity contribution in [3.05, 3.63) is 35.4 Å². The van der Waals surface area contributed by atoms with Gasteiger partial charge in [0, 0.05) is 23.2 Å². The fraction of sp³-hybridized carbons (Fsp3) is 0.500. The molecule has 5 heteroatoms. The third-order valence-corrected chi connectivity index (χ3v) is 4.17. The topological polar surface area (TPSA) is 43.4 Å². The van der Waals surface area contributed by atoms with Gasteiger partial charge in [-0.3, -0.25) is 0 Å². The van der Waals surface area contributed by atoms with Crippen molar-refractivity contribution in [1.82, 2.24) is 0 Å². The number of aryl methyl sites for hydroxylation is 1. The van der Waals surface area contributed by atoms with E-state index in [2.05, 4.69) is 12.1 Å². The number of hydrogen-bond acceptors (Lipinski definition) is 3. The first-order chi connectivity index (χ1) is 8.04. The quantitative estimate of drug-likeness (QED) is 0.792. The lowest BCUT2D eigenvalue weighted by Gasteiger charge is -2.08. The van der Waals surface area contributed by atoms with E-state index in [1.807, 2.05) is 12.1 Å². The first-order valence-corrected chi connectivity index (χ1v) is 8.11. The molecule has 1 saturated heterocycles. The molecule has 17 heavy (non-hydrogen) atoms. The van der Waals surface area contributed by atoms with Crippen LogP contribution in [-0.2, 0) is 20.2 Å². The molecule has 0 spiro atoms. The number of rotatable bonds is 4. The van der Waals surface area contributed by atoms with E-state index in [1.165, 1.54) is 5.56 Å².